The van der Waals surface area contributed by atoms with Crippen LogP contribution in [0.2, 0.25) is 0 Å². The summed E-state index contributed by atoms with van der Waals surface area (Å²) >= 11 is 0. The number of amides is 1. The fourth-order valence-electron chi connectivity index (χ4n) is 12.1. The molecular formula is C84H143NO13. The predicted molar refractivity (Wildman–Crippen MR) is 405 cm³/mol. The van der Waals surface area contributed by atoms with E-state index < -0.39 is 86.8 Å². The van der Waals surface area contributed by atoms with E-state index in [-0.39, 0.29) is 18.9 Å². The van der Waals surface area contributed by atoms with Crippen molar-refractivity contribution in [3.8, 4) is 0 Å². The Morgan fingerprint density at radius 2 is 0.714 bits per heavy atom. The van der Waals surface area contributed by atoms with Crippen molar-refractivity contribution in [2.45, 2.75) is 370 Å². The Morgan fingerprint density at radius 1 is 0.378 bits per heavy atom. The maximum atomic E-state index is 13.4. The molecule has 1 amide bonds. The van der Waals surface area contributed by atoms with Crippen molar-refractivity contribution >= 4 is 5.91 Å². The Labute approximate surface area is 596 Å². The fraction of sp³-hybridized carbons (Fsp3) is 0.726. The Kier molecular flexibility index (Phi) is 61.1. The van der Waals surface area contributed by atoms with Crippen molar-refractivity contribution in [2.75, 3.05) is 19.8 Å². The molecule has 0 saturated carbocycles. The summed E-state index contributed by atoms with van der Waals surface area (Å²) in [5.74, 6) is -0.252. The highest BCUT2D eigenvalue weighted by Gasteiger charge is 2.51. The van der Waals surface area contributed by atoms with Gasteiger partial charge >= 0.3 is 0 Å². The van der Waals surface area contributed by atoms with Crippen LogP contribution in [0.3, 0.4) is 0 Å². The fourth-order valence-corrected chi connectivity index (χ4v) is 12.1. The number of rotatable bonds is 64. The summed E-state index contributed by atoms with van der Waals surface area (Å²) in [6, 6.07) is -0.942. The number of carbonyl (C=O) groups is 1. The molecule has 14 nitrogen and oxygen atoms in total. The van der Waals surface area contributed by atoms with Crippen molar-refractivity contribution < 1.29 is 64.6 Å². The van der Waals surface area contributed by atoms with Crippen LogP contribution in [0, 0.1) is 0 Å². The van der Waals surface area contributed by atoms with Gasteiger partial charge in [0.25, 0.3) is 0 Å². The topological polar surface area (TPSA) is 228 Å². The van der Waals surface area contributed by atoms with Gasteiger partial charge in [0.15, 0.2) is 12.6 Å². The van der Waals surface area contributed by atoms with Crippen LogP contribution in [0.1, 0.15) is 296 Å². The Morgan fingerprint density at radius 3 is 1.12 bits per heavy atom. The van der Waals surface area contributed by atoms with E-state index in [0.717, 1.165) is 96.3 Å². The molecule has 14 heteroatoms. The van der Waals surface area contributed by atoms with E-state index in [0.29, 0.717) is 12.8 Å². The van der Waals surface area contributed by atoms with Crippen LogP contribution in [-0.2, 0) is 23.7 Å². The summed E-state index contributed by atoms with van der Waals surface area (Å²) in [6.07, 6.45) is 82.3. The van der Waals surface area contributed by atoms with Gasteiger partial charge in [-0.2, -0.15) is 0 Å². The second-order valence-electron chi connectivity index (χ2n) is 27.1. The van der Waals surface area contributed by atoms with Gasteiger partial charge in [-0.1, -0.05) is 321 Å². The first-order chi connectivity index (χ1) is 48.1. The largest absolute Gasteiger partial charge is 0.394 e. The minimum atomic E-state index is -1.80. The van der Waals surface area contributed by atoms with Crippen LogP contribution < -0.4 is 5.32 Å². The quantitative estimate of drug-likeness (QED) is 0.0204. The number of nitrogens with one attached hydrogen (secondary N) is 1. The number of unbranched alkanes of at least 4 members (excludes halogenated alkanes) is 31. The van der Waals surface area contributed by atoms with Crippen molar-refractivity contribution in [2.24, 2.45) is 0 Å². The number of allylic oxidation sites excluding steroid dienone is 21. The summed E-state index contributed by atoms with van der Waals surface area (Å²) < 4.78 is 22.9. The summed E-state index contributed by atoms with van der Waals surface area (Å²) in [7, 11) is 0. The first kappa shape index (κ1) is 90.2. The SMILES string of the molecule is CC/C=C\C/C=C\C/C=C\C/C=C\C/C=C\C/C=C\C/C=C\C/C=C\C/C=C\CCCCCCCCCCCCCCCC(=O)NC(COC1OC(CO)C(OC2OC(CO)C(O)C(O)C2O)C(O)C1O)C(O)/C=C/CC/C=C/CCCCCCCCCCCCCCCCCCC. The normalized spacial score (nSPS) is 22.8. The molecule has 0 aliphatic carbocycles. The maximum absolute atomic E-state index is 13.4. The van der Waals surface area contributed by atoms with Gasteiger partial charge in [-0.3, -0.25) is 4.79 Å². The standard InChI is InChI=1S/C84H143NO13/c1-3-5-7-9-11-13-15-17-19-21-23-25-27-28-29-30-31-32-33-34-35-36-37-38-39-40-41-42-43-44-46-48-50-52-54-56-58-60-62-64-66-68-76(89)85-72(71-95-83-81(94)79(92)82(75(70-87)97-83)98-84-80(93)78(91)77(90)74(69-86)96-84)73(88)67-65-63-61-59-57-55-53-51-49-47-45-26-24-22-20-18-16-14-12-10-8-6-4-2/h5,7,11,13,17,19,23,25,28-29,31-32,34-35,37-38,40-41,57,59,65,67,72-75,77-84,86-88,90-94H,3-4,6,8-10,12,14-16,18,20-22,24,26-27,30,33,36,39,42-56,58,60-64,66,68-71H2,1-2H3,(H,85,89)/b7-5-,13-11-,19-17-,25-23-,29-28-,32-31-,35-34-,38-37-,41-40-,59-57+,67-65+. The molecular weight excluding hydrogens is 1230 g/mol. The van der Waals surface area contributed by atoms with Crippen LogP contribution >= 0.6 is 0 Å². The van der Waals surface area contributed by atoms with Crippen LogP contribution in [0.25, 0.3) is 0 Å². The summed E-state index contributed by atoms with van der Waals surface area (Å²) in [6.45, 7) is 2.69. The highest BCUT2D eigenvalue weighted by atomic mass is 16.7. The van der Waals surface area contributed by atoms with Gasteiger partial charge in [0, 0.05) is 6.42 Å². The molecule has 0 aromatic carbocycles. The summed E-state index contributed by atoms with van der Waals surface area (Å²) in [5, 5.41) is 87.6. The third-order valence-electron chi connectivity index (χ3n) is 18.3. The molecule has 98 heavy (non-hydrogen) atoms. The Hall–Kier alpha value is -3.87. The molecule has 2 aliphatic rings. The van der Waals surface area contributed by atoms with Gasteiger partial charge in [0.1, 0.15) is 48.8 Å². The molecule has 0 bridgehead atoms. The first-order valence-corrected chi connectivity index (χ1v) is 39.4. The highest BCUT2D eigenvalue weighted by molar-refractivity contribution is 5.76. The van der Waals surface area contributed by atoms with Crippen LogP contribution in [0.4, 0.5) is 0 Å². The van der Waals surface area contributed by atoms with Crippen LogP contribution in [-0.4, -0.2) is 140 Å². The maximum Gasteiger partial charge on any atom is 0.220 e. The third kappa shape index (κ3) is 48.9. The minimum absolute atomic E-state index is 0.252. The van der Waals surface area contributed by atoms with Crippen LogP contribution in [0.5, 0.6) is 0 Å². The Bertz CT molecular complexity index is 2160. The number of hydrogen-bond acceptors (Lipinski definition) is 13. The van der Waals surface area contributed by atoms with Gasteiger partial charge in [-0.05, 0) is 103 Å². The first-order valence-electron chi connectivity index (χ1n) is 39.4. The van der Waals surface area contributed by atoms with Gasteiger partial charge in [-0.25, -0.2) is 0 Å². The molecule has 2 aliphatic heterocycles. The molecule has 9 N–H and O–H groups in total. The second-order valence-corrected chi connectivity index (χ2v) is 27.1. The molecule has 0 aromatic heterocycles. The van der Waals surface area contributed by atoms with E-state index in [1.165, 1.54) is 167 Å². The van der Waals surface area contributed by atoms with Gasteiger partial charge in [-0.15, -0.1) is 0 Å². The van der Waals surface area contributed by atoms with Gasteiger partial charge < -0.3 is 65.1 Å². The van der Waals surface area contributed by atoms with E-state index >= 15 is 0 Å². The monoisotopic (exact) mass is 1370 g/mol. The summed E-state index contributed by atoms with van der Waals surface area (Å²) in [4.78, 5) is 13.4. The number of carbonyl (C=O) groups excluding carboxylic acids is 1. The zero-order chi connectivity index (χ0) is 70.8. The Balaban J connectivity index is 1.62. The van der Waals surface area contributed by atoms with Gasteiger partial charge in [0.2, 0.25) is 5.91 Å². The lowest BCUT2D eigenvalue weighted by molar-refractivity contribution is -0.359. The zero-order valence-corrected chi connectivity index (χ0v) is 61.5. The van der Waals surface area contributed by atoms with E-state index in [2.05, 4.69) is 141 Å². The number of hydrogen-bond donors (Lipinski definition) is 9. The average molecular weight is 1380 g/mol. The average Bonchev–Trinajstić information content (AvgIpc) is 0.793. The van der Waals surface area contributed by atoms with Crippen molar-refractivity contribution in [3.05, 3.63) is 134 Å². The molecule has 2 heterocycles. The van der Waals surface area contributed by atoms with Crippen LogP contribution in [0.15, 0.2) is 134 Å². The lowest BCUT2D eigenvalue weighted by atomic mass is 9.97. The molecule has 12 unspecified atom stereocenters. The number of aliphatic hydroxyl groups is 8. The van der Waals surface area contributed by atoms with E-state index in [9.17, 15) is 45.6 Å². The smallest absolute Gasteiger partial charge is 0.220 e. The van der Waals surface area contributed by atoms with Crippen molar-refractivity contribution in [1.82, 2.24) is 5.32 Å². The summed E-state index contributed by atoms with van der Waals surface area (Å²) in [5.41, 5.74) is 0. The lowest BCUT2D eigenvalue weighted by Crippen LogP contribution is -2.65. The minimum Gasteiger partial charge on any atom is -0.394 e. The second kappa shape index (κ2) is 66.4. The molecule has 0 aromatic rings. The van der Waals surface area contributed by atoms with E-state index in [4.69, 9.17) is 18.9 Å². The van der Waals surface area contributed by atoms with E-state index in [1.54, 1.807) is 6.08 Å². The van der Waals surface area contributed by atoms with E-state index in [1.807, 2.05) is 6.08 Å². The molecule has 0 radical (unpaired) electrons. The third-order valence-corrected chi connectivity index (χ3v) is 18.3. The molecule has 2 fully saturated rings. The lowest BCUT2D eigenvalue weighted by Gasteiger charge is -2.46. The predicted octanol–water partition coefficient (Wildman–Crippen LogP) is 17.8. The van der Waals surface area contributed by atoms with Crippen molar-refractivity contribution in [3.63, 3.8) is 0 Å². The number of aliphatic hydroxyl groups excluding tert-OH is 8. The highest BCUT2D eigenvalue weighted by Crippen LogP contribution is 2.30. The molecule has 562 valence electrons. The van der Waals surface area contributed by atoms with Gasteiger partial charge in [0.05, 0.1) is 32.0 Å². The zero-order valence-electron chi connectivity index (χ0n) is 61.5. The number of ether oxygens (including phenoxy) is 4. The van der Waals surface area contributed by atoms with Crippen molar-refractivity contribution in [1.29, 1.82) is 0 Å². The molecule has 0 spiro atoms. The molecule has 2 rings (SSSR count). The molecule has 12 atom stereocenters. The molecule has 2 saturated heterocycles.